The van der Waals surface area contributed by atoms with Crippen molar-refractivity contribution in [3.63, 3.8) is 0 Å². The number of aliphatic hydroxyl groups excluding tert-OH is 1. The molecule has 0 amide bonds. The van der Waals surface area contributed by atoms with E-state index < -0.39 is 6.10 Å². The summed E-state index contributed by atoms with van der Waals surface area (Å²) >= 11 is 0. The van der Waals surface area contributed by atoms with Crippen LogP contribution >= 0.6 is 0 Å². The smallest absolute Gasteiger partial charge is 0.166 e. The lowest BCUT2D eigenvalue weighted by Gasteiger charge is -2.20. The van der Waals surface area contributed by atoms with E-state index in [9.17, 15) is 5.11 Å². The number of nitrogens with one attached hydrogen (secondary N) is 1. The number of hydrogen-bond donors (Lipinski definition) is 2. The number of nitrogens with zero attached hydrogens (tertiary/aromatic N) is 1. The summed E-state index contributed by atoms with van der Waals surface area (Å²) in [5.74, 6) is 1.34. The summed E-state index contributed by atoms with van der Waals surface area (Å²) in [6.45, 7) is 2.45. The van der Waals surface area contributed by atoms with E-state index in [-0.39, 0.29) is 6.10 Å². The number of para-hydroxylation sites is 1. The minimum atomic E-state index is -0.607. The molecule has 5 heteroatoms. The molecule has 1 fully saturated rings. The van der Waals surface area contributed by atoms with Gasteiger partial charge in [-0.3, -0.25) is 0 Å². The molecule has 2 unspecified atom stereocenters. The van der Waals surface area contributed by atoms with Gasteiger partial charge in [0.2, 0.25) is 0 Å². The average molecular weight is 280 g/mol. The first-order valence-corrected chi connectivity index (χ1v) is 7.00. The van der Waals surface area contributed by atoms with Crippen molar-refractivity contribution in [2.24, 2.45) is 0 Å². The first-order valence-electron chi connectivity index (χ1n) is 7.00. The molecule has 5 nitrogen and oxygen atoms in total. The number of aliphatic hydroxyl groups is 1. The summed E-state index contributed by atoms with van der Waals surface area (Å²) in [4.78, 5) is 2.25. The molecular weight excluding hydrogens is 256 g/mol. The van der Waals surface area contributed by atoms with Crippen LogP contribution in [0.1, 0.15) is 18.1 Å². The lowest BCUT2D eigenvalue weighted by molar-refractivity contribution is 0.167. The van der Waals surface area contributed by atoms with E-state index in [1.807, 2.05) is 25.2 Å². The first-order chi connectivity index (χ1) is 9.65. The number of likely N-dealkylation sites (tertiary alicyclic amines) is 1. The zero-order valence-electron chi connectivity index (χ0n) is 12.4. The number of ether oxygens (including phenoxy) is 2. The van der Waals surface area contributed by atoms with Crippen LogP contribution < -0.4 is 14.8 Å². The topological polar surface area (TPSA) is 54.0 Å². The third kappa shape index (κ3) is 3.42. The zero-order chi connectivity index (χ0) is 14.5. The highest BCUT2D eigenvalue weighted by Gasteiger charge is 2.24. The van der Waals surface area contributed by atoms with Gasteiger partial charge in [0, 0.05) is 25.2 Å². The van der Waals surface area contributed by atoms with Crippen molar-refractivity contribution in [3.8, 4) is 11.5 Å². The van der Waals surface area contributed by atoms with Gasteiger partial charge in [-0.2, -0.15) is 0 Å². The van der Waals surface area contributed by atoms with Gasteiger partial charge in [-0.1, -0.05) is 12.1 Å². The number of likely N-dealkylation sites (N-methyl/N-ethyl adjacent to an activating group) is 2. The van der Waals surface area contributed by atoms with Crippen LogP contribution in [0.25, 0.3) is 0 Å². The van der Waals surface area contributed by atoms with Gasteiger partial charge in [-0.15, -0.1) is 0 Å². The molecule has 1 aromatic rings. The highest BCUT2D eigenvalue weighted by molar-refractivity contribution is 5.48. The van der Waals surface area contributed by atoms with Crippen molar-refractivity contribution >= 4 is 0 Å². The molecule has 1 heterocycles. The van der Waals surface area contributed by atoms with E-state index in [1.165, 1.54) is 0 Å². The van der Waals surface area contributed by atoms with Gasteiger partial charge >= 0.3 is 0 Å². The lowest BCUT2D eigenvalue weighted by Crippen LogP contribution is -2.22. The Morgan fingerprint density at radius 2 is 2.30 bits per heavy atom. The molecule has 0 bridgehead atoms. The van der Waals surface area contributed by atoms with Gasteiger partial charge in [0.1, 0.15) is 6.10 Å². The van der Waals surface area contributed by atoms with Crippen LogP contribution in [0.15, 0.2) is 18.2 Å². The van der Waals surface area contributed by atoms with E-state index in [4.69, 9.17) is 9.47 Å². The van der Waals surface area contributed by atoms with Crippen molar-refractivity contribution in [3.05, 3.63) is 23.8 Å². The summed E-state index contributed by atoms with van der Waals surface area (Å²) in [7, 11) is 5.51. The fourth-order valence-electron chi connectivity index (χ4n) is 2.58. The Hall–Kier alpha value is -1.30. The zero-order valence-corrected chi connectivity index (χ0v) is 12.4. The third-order valence-corrected chi connectivity index (χ3v) is 3.61. The minimum Gasteiger partial charge on any atom is -0.492 e. The Bertz CT molecular complexity index is 439. The van der Waals surface area contributed by atoms with Gasteiger partial charge in [0.25, 0.3) is 0 Å². The van der Waals surface area contributed by atoms with E-state index in [0.717, 1.165) is 25.1 Å². The molecule has 0 aromatic heterocycles. The monoisotopic (exact) mass is 280 g/mol. The van der Waals surface area contributed by atoms with E-state index in [1.54, 1.807) is 7.11 Å². The normalized spacial score (nSPS) is 20.9. The number of hydrogen-bond acceptors (Lipinski definition) is 5. The van der Waals surface area contributed by atoms with Crippen LogP contribution in [-0.2, 0) is 0 Å². The van der Waals surface area contributed by atoms with Crippen LogP contribution in [0.5, 0.6) is 11.5 Å². The molecule has 1 aliphatic heterocycles. The maximum Gasteiger partial charge on any atom is 0.166 e. The van der Waals surface area contributed by atoms with Gasteiger partial charge in [-0.05, 0) is 26.6 Å². The van der Waals surface area contributed by atoms with Gasteiger partial charge in [-0.25, -0.2) is 0 Å². The lowest BCUT2D eigenvalue weighted by atomic mass is 10.1. The molecule has 0 radical (unpaired) electrons. The second-order valence-electron chi connectivity index (χ2n) is 5.24. The average Bonchev–Trinajstić information content (AvgIpc) is 2.84. The van der Waals surface area contributed by atoms with Crippen LogP contribution in [-0.4, -0.2) is 56.9 Å². The Balaban J connectivity index is 2.17. The van der Waals surface area contributed by atoms with E-state index in [2.05, 4.69) is 17.3 Å². The fourth-order valence-corrected chi connectivity index (χ4v) is 2.58. The molecule has 0 saturated carbocycles. The Morgan fingerprint density at radius 3 is 2.90 bits per heavy atom. The number of rotatable bonds is 6. The highest BCUT2D eigenvalue weighted by atomic mass is 16.5. The molecule has 2 rings (SSSR count). The first kappa shape index (κ1) is 15.1. The predicted molar refractivity (Wildman–Crippen MR) is 78.4 cm³/mol. The summed E-state index contributed by atoms with van der Waals surface area (Å²) in [5, 5.41) is 13.1. The minimum absolute atomic E-state index is 0.186. The molecule has 1 saturated heterocycles. The van der Waals surface area contributed by atoms with Crippen LogP contribution in [0.2, 0.25) is 0 Å². The summed E-state index contributed by atoms with van der Waals surface area (Å²) in [6, 6.07) is 5.66. The second kappa shape index (κ2) is 6.92. The highest BCUT2D eigenvalue weighted by Crippen LogP contribution is 2.35. The predicted octanol–water partition coefficient (Wildman–Crippen LogP) is 1.03. The molecule has 0 aliphatic carbocycles. The van der Waals surface area contributed by atoms with Crippen LogP contribution in [0.4, 0.5) is 0 Å². The summed E-state index contributed by atoms with van der Waals surface area (Å²) < 4.78 is 11.5. The molecular formula is C15H24N2O3. The second-order valence-corrected chi connectivity index (χ2v) is 5.24. The van der Waals surface area contributed by atoms with Crippen molar-refractivity contribution in [2.45, 2.75) is 18.6 Å². The molecule has 2 N–H and O–H groups in total. The van der Waals surface area contributed by atoms with Crippen LogP contribution in [0.3, 0.4) is 0 Å². The van der Waals surface area contributed by atoms with Crippen molar-refractivity contribution < 1.29 is 14.6 Å². The molecule has 112 valence electrons. The van der Waals surface area contributed by atoms with Gasteiger partial charge < -0.3 is 24.8 Å². The maximum atomic E-state index is 10.2. The third-order valence-electron chi connectivity index (χ3n) is 3.61. The van der Waals surface area contributed by atoms with Crippen molar-refractivity contribution in [2.75, 3.05) is 40.8 Å². The Labute approximate surface area is 120 Å². The molecule has 20 heavy (non-hydrogen) atoms. The van der Waals surface area contributed by atoms with Crippen LogP contribution in [0, 0.1) is 0 Å². The summed E-state index contributed by atoms with van der Waals surface area (Å²) in [5.41, 5.74) is 0.755. The quantitative estimate of drug-likeness (QED) is 0.815. The van der Waals surface area contributed by atoms with E-state index in [0.29, 0.717) is 18.0 Å². The Morgan fingerprint density at radius 1 is 1.50 bits per heavy atom. The van der Waals surface area contributed by atoms with Gasteiger partial charge in [0.15, 0.2) is 11.5 Å². The SMILES string of the molecule is CNCC(O)c1cccc(OC2CCN(C)C2)c1OC. The van der Waals surface area contributed by atoms with Gasteiger partial charge in [0.05, 0.1) is 13.2 Å². The molecule has 0 spiro atoms. The Kier molecular flexibility index (Phi) is 5.23. The van der Waals surface area contributed by atoms with E-state index >= 15 is 0 Å². The molecule has 2 atom stereocenters. The standard InChI is InChI=1S/C15H24N2O3/c1-16-9-13(18)12-5-4-6-14(15(12)19-3)20-11-7-8-17(2)10-11/h4-6,11,13,16,18H,7-10H2,1-3H3. The molecule has 1 aliphatic rings. The number of benzene rings is 1. The largest absolute Gasteiger partial charge is 0.492 e. The fraction of sp³-hybridized carbons (Fsp3) is 0.600. The molecule has 1 aromatic carbocycles. The van der Waals surface area contributed by atoms with Crippen molar-refractivity contribution in [1.29, 1.82) is 0 Å². The maximum absolute atomic E-state index is 10.2. The van der Waals surface area contributed by atoms with Crippen molar-refractivity contribution in [1.82, 2.24) is 10.2 Å². The number of methoxy groups -OCH3 is 1. The summed E-state index contributed by atoms with van der Waals surface area (Å²) in [6.07, 6.45) is 0.596.